The zero-order chi connectivity index (χ0) is 20.3. The Morgan fingerprint density at radius 2 is 1.73 bits per heavy atom. The molecule has 30 heavy (non-hydrogen) atoms. The fourth-order valence-corrected chi connectivity index (χ4v) is 4.34. The number of thioether (sulfide) groups is 1. The molecule has 1 aliphatic heterocycles. The molecule has 2 aromatic heterocycles. The summed E-state index contributed by atoms with van der Waals surface area (Å²) in [5.41, 5.74) is 4.07. The second-order valence-corrected chi connectivity index (χ2v) is 7.73. The second-order valence-electron chi connectivity index (χ2n) is 6.79. The number of fused-ring (bicyclic) bond motifs is 1. The van der Waals surface area contributed by atoms with Crippen molar-refractivity contribution in [3.8, 4) is 5.69 Å². The summed E-state index contributed by atoms with van der Waals surface area (Å²) in [5, 5.41) is 9.24. The predicted octanol–water partition coefficient (Wildman–Crippen LogP) is 3.55. The van der Waals surface area contributed by atoms with E-state index >= 15 is 0 Å². The summed E-state index contributed by atoms with van der Waals surface area (Å²) in [4.78, 5) is 23.8. The molecule has 8 heteroatoms. The lowest BCUT2D eigenvalue weighted by molar-refractivity contribution is 0.0984. The molecule has 0 saturated carbocycles. The monoisotopic (exact) mass is 414 g/mol. The molecule has 1 amide bonds. The molecular weight excluding hydrogens is 396 g/mol. The van der Waals surface area contributed by atoms with Crippen LogP contribution in [0.25, 0.3) is 5.69 Å². The van der Waals surface area contributed by atoms with E-state index in [0.717, 1.165) is 23.5 Å². The van der Waals surface area contributed by atoms with Gasteiger partial charge in [-0.05, 0) is 36.2 Å². The Hall–Kier alpha value is -3.52. The highest BCUT2D eigenvalue weighted by molar-refractivity contribution is 7.98. The first kappa shape index (κ1) is 18.5. The minimum atomic E-state index is -0.133. The zero-order valence-corrected chi connectivity index (χ0v) is 16.9. The molecule has 0 bridgehead atoms. The number of carbonyl (C=O) groups excluding carboxylic acids is 1. The van der Waals surface area contributed by atoms with E-state index in [4.69, 9.17) is 0 Å². The Balaban J connectivity index is 1.51. The average molecular weight is 414 g/mol. The van der Waals surface area contributed by atoms with Gasteiger partial charge in [0.05, 0.1) is 11.4 Å². The van der Waals surface area contributed by atoms with Crippen molar-refractivity contribution >= 4 is 23.4 Å². The average Bonchev–Trinajstić information content (AvgIpc) is 3.43. The maximum Gasteiger partial charge on any atom is 0.280 e. The van der Waals surface area contributed by atoms with Gasteiger partial charge in [0, 0.05) is 30.4 Å². The number of anilines is 1. The standard InChI is InChI=1S/C22H18N6OS/c29-21(27-14-11-16-7-4-5-10-18(16)27)20-19(15-30-22-23-12-6-13-24-22)28(26-25-20)17-8-2-1-3-9-17/h1-10,12-13H,11,14-15H2. The molecule has 0 radical (unpaired) electrons. The maximum atomic E-state index is 13.5. The molecule has 3 heterocycles. The van der Waals surface area contributed by atoms with Crippen molar-refractivity contribution in [3.05, 3.63) is 90.0 Å². The third kappa shape index (κ3) is 3.46. The van der Waals surface area contributed by atoms with Crippen molar-refractivity contribution in [1.29, 1.82) is 0 Å². The number of para-hydroxylation sites is 2. The van der Waals surface area contributed by atoms with E-state index in [2.05, 4.69) is 26.3 Å². The van der Waals surface area contributed by atoms with Crippen LogP contribution in [0.1, 0.15) is 21.7 Å². The normalized spacial score (nSPS) is 12.7. The Morgan fingerprint density at radius 1 is 0.967 bits per heavy atom. The van der Waals surface area contributed by atoms with Crippen LogP contribution >= 0.6 is 11.8 Å². The van der Waals surface area contributed by atoms with E-state index in [-0.39, 0.29) is 5.91 Å². The number of benzene rings is 2. The molecule has 0 fully saturated rings. The highest BCUT2D eigenvalue weighted by Gasteiger charge is 2.30. The minimum absolute atomic E-state index is 0.133. The summed E-state index contributed by atoms with van der Waals surface area (Å²) in [6, 6.07) is 19.5. The lowest BCUT2D eigenvalue weighted by atomic mass is 10.2. The summed E-state index contributed by atoms with van der Waals surface area (Å²) in [7, 11) is 0. The van der Waals surface area contributed by atoms with Crippen LogP contribution in [0.15, 0.2) is 78.2 Å². The smallest absolute Gasteiger partial charge is 0.280 e. The van der Waals surface area contributed by atoms with Gasteiger partial charge in [0.2, 0.25) is 0 Å². The summed E-state index contributed by atoms with van der Waals surface area (Å²) < 4.78 is 1.73. The van der Waals surface area contributed by atoms with Crippen molar-refractivity contribution in [2.45, 2.75) is 17.3 Å². The van der Waals surface area contributed by atoms with E-state index in [1.807, 2.05) is 48.5 Å². The topological polar surface area (TPSA) is 76.8 Å². The number of amides is 1. The van der Waals surface area contributed by atoms with E-state index in [9.17, 15) is 4.79 Å². The van der Waals surface area contributed by atoms with Gasteiger partial charge in [0.15, 0.2) is 10.9 Å². The zero-order valence-electron chi connectivity index (χ0n) is 16.0. The van der Waals surface area contributed by atoms with E-state index in [1.54, 1.807) is 28.0 Å². The molecule has 7 nitrogen and oxygen atoms in total. The van der Waals surface area contributed by atoms with Gasteiger partial charge in [0.25, 0.3) is 5.91 Å². The van der Waals surface area contributed by atoms with Crippen LogP contribution in [-0.4, -0.2) is 37.4 Å². The van der Waals surface area contributed by atoms with Gasteiger partial charge in [-0.2, -0.15) is 0 Å². The summed E-state index contributed by atoms with van der Waals surface area (Å²) >= 11 is 1.45. The van der Waals surface area contributed by atoms with Crippen LogP contribution in [0.2, 0.25) is 0 Å². The summed E-state index contributed by atoms with van der Waals surface area (Å²) in [6.07, 6.45) is 4.25. The van der Waals surface area contributed by atoms with E-state index in [1.165, 1.54) is 17.3 Å². The van der Waals surface area contributed by atoms with Crippen LogP contribution in [0.4, 0.5) is 5.69 Å². The lowest BCUT2D eigenvalue weighted by Gasteiger charge is -2.16. The van der Waals surface area contributed by atoms with Crippen LogP contribution in [-0.2, 0) is 12.2 Å². The Kier molecular flexibility index (Phi) is 4.98. The minimum Gasteiger partial charge on any atom is -0.306 e. The Labute approximate surface area is 177 Å². The number of aromatic nitrogens is 5. The predicted molar refractivity (Wildman–Crippen MR) is 115 cm³/mol. The molecule has 0 spiro atoms. The van der Waals surface area contributed by atoms with Crippen molar-refractivity contribution < 1.29 is 4.79 Å². The summed E-state index contributed by atoms with van der Waals surface area (Å²) in [6.45, 7) is 0.644. The molecular formula is C22H18N6OS. The highest BCUT2D eigenvalue weighted by atomic mass is 32.2. The van der Waals surface area contributed by atoms with Crippen LogP contribution < -0.4 is 4.90 Å². The molecule has 0 atom stereocenters. The first-order chi connectivity index (χ1) is 14.8. The largest absolute Gasteiger partial charge is 0.306 e. The fourth-order valence-electron chi connectivity index (χ4n) is 3.54. The number of carbonyl (C=O) groups is 1. The SMILES string of the molecule is O=C(c1nnn(-c2ccccc2)c1CSc1ncccn1)N1CCc2ccccc21. The number of hydrogen-bond donors (Lipinski definition) is 0. The van der Waals surface area contributed by atoms with E-state index < -0.39 is 0 Å². The van der Waals surface area contributed by atoms with Gasteiger partial charge in [-0.1, -0.05) is 53.4 Å². The number of nitrogens with zero attached hydrogens (tertiary/aromatic N) is 6. The molecule has 0 aliphatic carbocycles. The fraction of sp³-hybridized carbons (Fsp3) is 0.136. The lowest BCUT2D eigenvalue weighted by Crippen LogP contribution is -2.30. The molecule has 0 N–H and O–H groups in total. The first-order valence-electron chi connectivity index (χ1n) is 9.61. The first-order valence-corrected chi connectivity index (χ1v) is 10.6. The third-order valence-electron chi connectivity index (χ3n) is 4.98. The number of rotatable bonds is 5. The van der Waals surface area contributed by atoms with Crippen LogP contribution in [0.5, 0.6) is 0 Å². The number of hydrogen-bond acceptors (Lipinski definition) is 6. The van der Waals surface area contributed by atoms with Crippen molar-refractivity contribution in [2.24, 2.45) is 0 Å². The van der Waals surface area contributed by atoms with Crippen molar-refractivity contribution in [2.75, 3.05) is 11.4 Å². The van der Waals surface area contributed by atoms with E-state index in [0.29, 0.717) is 23.1 Å². The Morgan fingerprint density at radius 3 is 2.57 bits per heavy atom. The Bertz CT molecular complexity index is 1180. The molecule has 5 rings (SSSR count). The molecule has 148 valence electrons. The molecule has 0 saturated heterocycles. The van der Waals surface area contributed by atoms with Crippen molar-refractivity contribution in [1.82, 2.24) is 25.0 Å². The third-order valence-corrected chi connectivity index (χ3v) is 5.87. The van der Waals surface area contributed by atoms with Crippen molar-refractivity contribution in [3.63, 3.8) is 0 Å². The molecule has 1 aliphatic rings. The molecule has 0 unspecified atom stereocenters. The van der Waals surface area contributed by atoms with Crippen LogP contribution in [0.3, 0.4) is 0 Å². The molecule has 2 aromatic carbocycles. The van der Waals surface area contributed by atoms with Crippen LogP contribution in [0, 0.1) is 0 Å². The van der Waals surface area contributed by atoms with Gasteiger partial charge in [-0.3, -0.25) is 4.79 Å². The quantitative estimate of drug-likeness (QED) is 0.367. The van der Waals surface area contributed by atoms with Gasteiger partial charge in [0.1, 0.15) is 0 Å². The van der Waals surface area contributed by atoms with Gasteiger partial charge in [-0.15, -0.1) is 5.10 Å². The second kappa shape index (κ2) is 8.08. The van der Waals surface area contributed by atoms with Gasteiger partial charge >= 0.3 is 0 Å². The van der Waals surface area contributed by atoms with Gasteiger partial charge in [-0.25, -0.2) is 14.6 Å². The molecule has 4 aromatic rings. The maximum absolute atomic E-state index is 13.5. The summed E-state index contributed by atoms with van der Waals surface area (Å²) in [5.74, 6) is 0.342. The highest BCUT2D eigenvalue weighted by Crippen LogP contribution is 2.30. The van der Waals surface area contributed by atoms with Gasteiger partial charge < -0.3 is 4.90 Å².